The SMILES string of the molecule is COc1ccc(Cl)cc1S(=O)(=O)NCCC(O)c1ccc(F)cc1. The fourth-order valence-electron chi connectivity index (χ4n) is 2.12. The van der Waals surface area contributed by atoms with Gasteiger partial charge in [-0.15, -0.1) is 0 Å². The Hall–Kier alpha value is -1.67. The van der Waals surface area contributed by atoms with Crippen molar-refractivity contribution in [3.8, 4) is 5.75 Å². The number of aliphatic hydroxyl groups excluding tert-OH is 1. The van der Waals surface area contributed by atoms with Gasteiger partial charge in [-0.05, 0) is 42.3 Å². The maximum atomic E-state index is 12.9. The van der Waals surface area contributed by atoms with Crippen LogP contribution in [-0.4, -0.2) is 27.2 Å². The molecule has 0 fully saturated rings. The molecular formula is C16H17ClFNO4S. The summed E-state index contributed by atoms with van der Waals surface area (Å²) in [6.45, 7) is -0.00343. The van der Waals surface area contributed by atoms with E-state index in [1.165, 1.54) is 49.6 Å². The molecule has 1 atom stereocenters. The molecule has 1 unspecified atom stereocenters. The van der Waals surface area contributed by atoms with Crippen molar-refractivity contribution in [1.29, 1.82) is 0 Å². The molecule has 0 bridgehead atoms. The van der Waals surface area contributed by atoms with Gasteiger partial charge in [0.1, 0.15) is 16.5 Å². The summed E-state index contributed by atoms with van der Waals surface area (Å²) in [4.78, 5) is -0.0752. The third-order valence-corrected chi connectivity index (χ3v) is 5.10. The second-order valence-corrected chi connectivity index (χ2v) is 7.22. The Bertz CT molecular complexity index is 796. The summed E-state index contributed by atoms with van der Waals surface area (Å²) in [6, 6.07) is 9.66. The zero-order valence-corrected chi connectivity index (χ0v) is 14.4. The van der Waals surface area contributed by atoms with Crippen LogP contribution in [0.25, 0.3) is 0 Å². The fourth-order valence-corrected chi connectivity index (χ4v) is 3.60. The molecule has 0 saturated heterocycles. The van der Waals surface area contributed by atoms with E-state index in [1.807, 2.05) is 0 Å². The maximum absolute atomic E-state index is 12.9. The predicted molar refractivity (Wildman–Crippen MR) is 89.2 cm³/mol. The highest BCUT2D eigenvalue weighted by Crippen LogP contribution is 2.27. The van der Waals surface area contributed by atoms with Crippen molar-refractivity contribution in [2.24, 2.45) is 0 Å². The largest absolute Gasteiger partial charge is 0.495 e. The predicted octanol–water partition coefficient (Wildman–Crippen LogP) is 2.89. The van der Waals surface area contributed by atoms with Crippen LogP contribution in [0, 0.1) is 5.82 Å². The summed E-state index contributed by atoms with van der Waals surface area (Å²) < 4.78 is 45.0. The van der Waals surface area contributed by atoms with E-state index in [-0.39, 0.29) is 28.6 Å². The third kappa shape index (κ3) is 4.67. The first-order valence-corrected chi connectivity index (χ1v) is 8.96. The number of halogens is 2. The van der Waals surface area contributed by atoms with Gasteiger partial charge in [0.05, 0.1) is 13.2 Å². The number of nitrogens with one attached hydrogen (secondary N) is 1. The molecule has 2 N–H and O–H groups in total. The highest BCUT2D eigenvalue weighted by molar-refractivity contribution is 7.89. The molecule has 2 aromatic carbocycles. The molecule has 0 spiro atoms. The number of hydrogen-bond donors (Lipinski definition) is 2. The summed E-state index contributed by atoms with van der Waals surface area (Å²) in [5.41, 5.74) is 0.510. The smallest absolute Gasteiger partial charge is 0.244 e. The van der Waals surface area contributed by atoms with Gasteiger partial charge in [0.15, 0.2) is 0 Å². The molecule has 8 heteroatoms. The minimum atomic E-state index is -3.84. The van der Waals surface area contributed by atoms with E-state index in [0.29, 0.717) is 5.56 Å². The van der Waals surface area contributed by atoms with E-state index in [0.717, 1.165) is 0 Å². The molecule has 0 heterocycles. The van der Waals surface area contributed by atoms with E-state index in [1.54, 1.807) is 0 Å². The number of ether oxygens (including phenoxy) is 1. The minimum Gasteiger partial charge on any atom is -0.495 e. The maximum Gasteiger partial charge on any atom is 0.244 e. The van der Waals surface area contributed by atoms with Crippen LogP contribution in [0.1, 0.15) is 18.1 Å². The number of rotatable bonds is 7. The molecule has 24 heavy (non-hydrogen) atoms. The van der Waals surface area contributed by atoms with Crippen LogP contribution < -0.4 is 9.46 Å². The lowest BCUT2D eigenvalue weighted by Crippen LogP contribution is -2.26. The van der Waals surface area contributed by atoms with Crippen molar-refractivity contribution < 1.29 is 22.7 Å². The van der Waals surface area contributed by atoms with Gasteiger partial charge in [0, 0.05) is 11.6 Å². The van der Waals surface area contributed by atoms with Gasteiger partial charge in [-0.1, -0.05) is 23.7 Å². The zero-order valence-electron chi connectivity index (χ0n) is 12.9. The van der Waals surface area contributed by atoms with Crippen LogP contribution in [0.2, 0.25) is 5.02 Å². The lowest BCUT2D eigenvalue weighted by atomic mass is 10.1. The molecule has 130 valence electrons. The monoisotopic (exact) mass is 373 g/mol. The quantitative estimate of drug-likeness (QED) is 0.782. The van der Waals surface area contributed by atoms with Gasteiger partial charge in [-0.25, -0.2) is 17.5 Å². The van der Waals surface area contributed by atoms with Gasteiger partial charge < -0.3 is 9.84 Å². The molecule has 5 nitrogen and oxygen atoms in total. The lowest BCUT2D eigenvalue weighted by molar-refractivity contribution is 0.169. The average molecular weight is 374 g/mol. The lowest BCUT2D eigenvalue weighted by Gasteiger charge is -2.13. The minimum absolute atomic E-state index is 0.00343. The van der Waals surface area contributed by atoms with Crippen molar-refractivity contribution in [2.75, 3.05) is 13.7 Å². The van der Waals surface area contributed by atoms with Crippen molar-refractivity contribution in [1.82, 2.24) is 4.72 Å². The first-order valence-electron chi connectivity index (χ1n) is 7.10. The number of aliphatic hydroxyl groups is 1. The summed E-state index contributed by atoms with van der Waals surface area (Å²) in [5, 5.41) is 10.3. The van der Waals surface area contributed by atoms with Crippen LogP contribution in [0.5, 0.6) is 5.75 Å². The third-order valence-electron chi connectivity index (χ3n) is 3.38. The van der Waals surface area contributed by atoms with Gasteiger partial charge in [-0.2, -0.15) is 0 Å². The van der Waals surface area contributed by atoms with Crippen molar-refractivity contribution in [2.45, 2.75) is 17.4 Å². The molecule has 0 aliphatic carbocycles. The Balaban J connectivity index is 2.03. The average Bonchev–Trinajstić information content (AvgIpc) is 2.55. The molecule has 2 aromatic rings. The summed E-state index contributed by atoms with van der Waals surface area (Å²) in [5.74, 6) is -0.231. The highest BCUT2D eigenvalue weighted by Gasteiger charge is 2.20. The van der Waals surface area contributed by atoms with Crippen molar-refractivity contribution >= 4 is 21.6 Å². The Morgan fingerprint density at radius 3 is 2.54 bits per heavy atom. The van der Waals surface area contributed by atoms with Crippen LogP contribution >= 0.6 is 11.6 Å². The van der Waals surface area contributed by atoms with Gasteiger partial charge in [0.2, 0.25) is 10.0 Å². The molecular weight excluding hydrogens is 357 g/mol. The van der Waals surface area contributed by atoms with E-state index in [2.05, 4.69) is 4.72 Å². The molecule has 0 saturated carbocycles. The van der Waals surface area contributed by atoms with E-state index >= 15 is 0 Å². The number of hydrogen-bond acceptors (Lipinski definition) is 4. The van der Waals surface area contributed by atoms with Gasteiger partial charge in [0.25, 0.3) is 0 Å². The molecule has 0 aliphatic heterocycles. The Labute approximate surface area is 145 Å². The van der Waals surface area contributed by atoms with Crippen molar-refractivity contribution in [3.05, 3.63) is 58.9 Å². The second-order valence-electron chi connectivity index (χ2n) is 5.05. The molecule has 0 amide bonds. The van der Waals surface area contributed by atoms with Crippen LogP contribution in [-0.2, 0) is 10.0 Å². The standard InChI is InChI=1S/C16H17ClFNO4S/c1-23-15-7-4-12(17)10-16(15)24(21,22)19-9-8-14(20)11-2-5-13(18)6-3-11/h2-7,10,14,19-20H,8-9H2,1H3. The van der Waals surface area contributed by atoms with E-state index < -0.39 is 21.9 Å². The number of sulfonamides is 1. The van der Waals surface area contributed by atoms with Gasteiger partial charge in [-0.3, -0.25) is 0 Å². The molecule has 0 radical (unpaired) electrons. The Morgan fingerprint density at radius 2 is 1.92 bits per heavy atom. The molecule has 2 rings (SSSR count). The fraction of sp³-hybridized carbons (Fsp3) is 0.250. The van der Waals surface area contributed by atoms with E-state index in [9.17, 15) is 17.9 Å². The Morgan fingerprint density at radius 1 is 1.25 bits per heavy atom. The van der Waals surface area contributed by atoms with E-state index in [4.69, 9.17) is 16.3 Å². The summed E-state index contributed by atoms with van der Waals surface area (Å²) in [7, 11) is -2.48. The van der Waals surface area contributed by atoms with Crippen LogP contribution in [0.15, 0.2) is 47.4 Å². The molecule has 0 aromatic heterocycles. The number of methoxy groups -OCH3 is 1. The number of benzene rings is 2. The topological polar surface area (TPSA) is 75.6 Å². The van der Waals surface area contributed by atoms with Crippen LogP contribution in [0.3, 0.4) is 0 Å². The van der Waals surface area contributed by atoms with Gasteiger partial charge >= 0.3 is 0 Å². The summed E-state index contributed by atoms with van der Waals surface area (Å²) in [6.07, 6.45) is -0.775. The highest BCUT2D eigenvalue weighted by atomic mass is 35.5. The Kier molecular flexibility index (Phi) is 6.17. The first-order chi connectivity index (χ1) is 11.3. The van der Waals surface area contributed by atoms with Crippen LogP contribution in [0.4, 0.5) is 4.39 Å². The second kappa shape index (κ2) is 7.94. The zero-order chi connectivity index (χ0) is 17.7. The normalized spacial score (nSPS) is 12.8. The first kappa shape index (κ1) is 18.7. The van der Waals surface area contributed by atoms with Crippen molar-refractivity contribution in [3.63, 3.8) is 0 Å². The summed E-state index contributed by atoms with van der Waals surface area (Å²) >= 11 is 5.84. The molecule has 0 aliphatic rings.